The summed E-state index contributed by atoms with van der Waals surface area (Å²) < 4.78 is 0. The molecule has 1 aliphatic rings. The molecule has 0 amide bonds. The Morgan fingerprint density at radius 2 is 1.89 bits per heavy atom. The number of nitrogens with zero attached hydrogens (tertiary/aromatic N) is 1. The van der Waals surface area contributed by atoms with E-state index in [1.807, 2.05) is 14.1 Å². The fraction of sp³-hybridized carbons (Fsp3) is 0.600. The highest BCUT2D eigenvalue weighted by atomic mass is 16.3. The third-order valence-electron chi connectivity index (χ3n) is 4.22. The minimum Gasteiger partial charge on any atom is -0.392 e. The molecule has 2 N–H and O–H groups in total. The summed E-state index contributed by atoms with van der Waals surface area (Å²) in [5, 5.41) is 13.2. The van der Waals surface area contributed by atoms with Crippen LogP contribution in [0.3, 0.4) is 0 Å². The molecule has 0 spiro atoms. The lowest BCUT2D eigenvalue weighted by atomic mass is 9.64. The molecule has 1 aromatic rings. The SMILES string of the molecule is CN(C)c1ccc(CNC2CC(O)C2(C)C)cc1. The van der Waals surface area contributed by atoms with Crippen LogP contribution in [-0.4, -0.2) is 31.3 Å². The van der Waals surface area contributed by atoms with E-state index in [-0.39, 0.29) is 11.5 Å². The summed E-state index contributed by atoms with van der Waals surface area (Å²) in [6.07, 6.45) is 0.703. The lowest BCUT2D eigenvalue weighted by Crippen LogP contribution is -2.59. The van der Waals surface area contributed by atoms with Crippen LogP contribution in [0.1, 0.15) is 25.8 Å². The maximum atomic E-state index is 9.70. The largest absolute Gasteiger partial charge is 0.392 e. The van der Waals surface area contributed by atoms with Crippen LogP contribution in [0.2, 0.25) is 0 Å². The van der Waals surface area contributed by atoms with E-state index >= 15 is 0 Å². The molecule has 3 nitrogen and oxygen atoms in total. The zero-order valence-corrected chi connectivity index (χ0v) is 11.8. The Morgan fingerprint density at radius 1 is 1.28 bits per heavy atom. The van der Waals surface area contributed by atoms with Gasteiger partial charge in [-0.2, -0.15) is 0 Å². The predicted octanol–water partition coefficient (Wildman–Crippen LogP) is 2.00. The van der Waals surface area contributed by atoms with Gasteiger partial charge in [0, 0.05) is 37.8 Å². The highest BCUT2D eigenvalue weighted by Gasteiger charge is 2.46. The van der Waals surface area contributed by atoms with Crippen molar-refractivity contribution >= 4 is 5.69 Å². The van der Waals surface area contributed by atoms with Gasteiger partial charge in [0.05, 0.1) is 6.10 Å². The average Bonchev–Trinajstić information content (AvgIpc) is 2.34. The van der Waals surface area contributed by atoms with Gasteiger partial charge in [0.15, 0.2) is 0 Å². The molecule has 0 bridgehead atoms. The summed E-state index contributed by atoms with van der Waals surface area (Å²) in [4.78, 5) is 2.10. The second-order valence-corrected chi connectivity index (χ2v) is 6.07. The molecule has 0 aromatic heterocycles. The minimum absolute atomic E-state index is 0.00355. The quantitative estimate of drug-likeness (QED) is 0.855. The van der Waals surface area contributed by atoms with Gasteiger partial charge in [-0.15, -0.1) is 0 Å². The monoisotopic (exact) mass is 248 g/mol. The first-order chi connectivity index (χ1) is 8.41. The van der Waals surface area contributed by atoms with Crippen LogP contribution >= 0.6 is 0 Å². The summed E-state index contributed by atoms with van der Waals surface area (Å²) in [6, 6.07) is 9.01. The predicted molar refractivity (Wildman–Crippen MR) is 75.8 cm³/mol. The molecule has 1 aliphatic carbocycles. The zero-order valence-electron chi connectivity index (χ0n) is 11.8. The Bertz CT molecular complexity index is 397. The fourth-order valence-electron chi connectivity index (χ4n) is 2.40. The van der Waals surface area contributed by atoms with E-state index in [0.717, 1.165) is 13.0 Å². The smallest absolute Gasteiger partial charge is 0.0621 e. The third-order valence-corrected chi connectivity index (χ3v) is 4.22. The number of hydrogen-bond donors (Lipinski definition) is 2. The summed E-state index contributed by atoms with van der Waals surface area (Å²) in [5.41, 5.74) is 2.51. The van der Waals surface area contributed by atoms with Crippen molar-refractivity contribution in [3.8, 4) is 0 Å². The molecule has 1 aromatic carbocycles. The normalized spacial score (nSPS) is 25.6. The van der Waals surface area contributed by atoms with E-state index in [2.05, 4.69) is 48.3 Å². The van der Waals surface area contributed by atoms with Crippen molar-refractivity contribution in [3.63, 3.8) is 0 Å². The van der Waals surface area contributed by atoms with Crippen molar-refractivity contribution in [2.45, 2.75) is 39.0 Å². The van der Waals surface area contributed by atoms with E-state index in [0.29, 0.717) is 6.04 Å². The first-order valence-electron chi connectivity index (χ1n) is 6.59. The van der Waals surface area contributed by atoms with Crippen LogP contribution in [-0.2, 0) is 6.54 Å². The maximum absolute atomic E-state index is 9.70. The average molecular weight is 248 g/mol. The van der Waals surface area contributed by atoms with E-state index in [4.69, 9.17) is 0 Å². The number of rotatable bonds is 4. The number of anilines is 1. The Morgan fingerprint density at radius 3 is 2.33 bits per heavy atom. The highest BCUT2D eigenvalue weighted by molar-refractivity contribution is 5.45. The fourth-order valence-corrected chi connectivity index (χ4v) is 2.40. The highest BCUT2D eigenvalue weighted by Crippen LogP contribution is 2.40. The van der Waals surface area contributed by atoms with Crippen molar-refractivity contribution < 1.29 is 5.11 Å². The molecule has 0 radical (unpaired) electrons. The first-order valence-corrected chi connectivity index (χ1v) is 6.59. The number of hydrogen-bond acceptors (Lipinski definition) is 3. The van der Waals surface area contributed by atoms with E-state index in [1.165, 1.54) is 11.3 Å². The van der Waals surface area contributed by atoms with Crippen LogP contribution in [0.15, 0.2) is 24.3 Å². The molecule has 0 saturated heterocycles. The van der Waals surface area contributed by atoms with Gasteiger partial charge in [0.2, 0.25) is 0 Å². The summed E-state index contributed by atoms with van der Waals surface area (Å²) in [6.45, 7) is 5.11. The Kier molecular flexibility index (Phi) is 3.64. The molecule has 0 heterocycles. The van der Waals surface area contributed by atoms with Gasteiger partial charge < -0.3 is 15.3 Å². The topological polar surface area (TPSA) is 35.5 Å². The number of aliphatic hydroxyl groups is 1. The van der Waals surface area contributed by atoms with Crippen LogP contribution in [0.4, 0.5) is 5.69 Å². The van der Waals surface area contributed by atoms with Gasteiger partial charge in [0.1, 0.15) is 0 Å². The van der Waals surface area contributed by atoms with E-state index < -0.39 is 0 Å². The van der Waals surface area contributed by atoms with Crippen molar-refractivity contribution in [1.82, 2.24) is 5.32 Å². The molecular weight excluding hydrogens is 224 g/mol. The molecule has 18 heavy (non-hydrogen) atoms. The van der Waals surface area contributed by atoms with Gasteiger partial charge >= 0.3 is 0 Å². The lowest BCUT2D eigenvalue weighted by molar-refractivity contribution is -0.0729. The summed E-state index contributed by atoms with van der Waals surface area (Å²) in [5.74, 6) is 0. The van der Waals surface area contributed by atoms with Crippen LogP contribution in [0.5, 0.6) is 0 Å². The Labute approximate surface area is 110 Å². The summed E-state index contributed by atoms with van der Waals surface area (Å²) >= 11 is 0. The summed E-state index contributed by atoms with van der Waals surface area (Å²) in [7, 11) is 4.09. The van der Waals surface area contributed by atoms with Crippen LogP contribution in [0.25, 0.3) is 0 Å². The molecule has 2 atom stereocenters. The lowest BCUT2D eigenvalue weighted by Gasteiger charge is -2.49. The molecule has 1 saturated carbocycles. The number of aliphatic hydroxyl groups excluding tert-OH is 1. The second-order valence-electron chi connectivity index (χ2n) is 6.07. The zero-order chi connectivity index (χ0) is 13.3. The Hall–Kier alpha value is -1.06. The Balaban J connectivity index is 1.88. The standard InChI is InChI=1S/C15H24N2O/c1-15(2)13(9-14(15)18)16-10-11-5-7-12(8-6-11)17(3)4/h5-8,13-14,16,18H,9-10H2,1-4H3. The van der Waals surface area contributed by atoms with Crippen LogP contribution < -0.4 is 10.2 Å². The first kappa shape index (κ1) is 13.4. The van der Waals surface area contributed by atoms with E-state index in [9.17, 15) is 5.11 Å². The van der Waals surface area contributed by atoms with Crippen molar-refractivity contribution in [1.29, 1.82) is 0 Å². The van der Waals surface area contributed by atoms with E-state index in [1.54, 1.807) is 0 Å². The van der Waals surface area contributed by atoms with Gasteiger partial charge in [-0.05, 0) is 24.1 Å². The molecule has 100 valence electrons. The molecule has 2 rings (SSSR count). The van der Waals surface area contributed by atoms with Crippen molar-refractivity contribution in [2.75, 3.05) is 19.0 Å². The van der Waals surface area contributed by atoms with Crippen molar-refractivity contribution in [2.24, 2.45) is 5.41 Å². The molecular formula is C15H24N2O. The number of nitrogens with one attached hydrogen (secondary N) is 1. The molecule has 0 aliphatic heterocycles. The minimum atomic E-state index is -0.161. The van der Waals surface area contributed by atoms with Crippen LogP contribution in [0, 0.1) is 5.41 Å². The van der Waals surface area contributed by atoms with Gasteiger partial charge in [-0.3, -0.25) is 0 Å². The van der Waals surface area contributed by atoms with Crippen molar-refractivity contribution in [3.05, 3.63) is 29.8 Å². The molecule has 2 unspecified atom stereocenters. The maximum Gasteiger partial charge on any atom is 0.0621 e. The molecule has 3 heteroatoms. The molecule has 1 fully saturated rings. The van der Waals surface area contributed by atoms with Gasteiger partial charge in [-0.1, -0.05) is 26.0 Å². The van der Waals surface area contributed by atoms with Gasteiger partial charge in [0.25, 0.3) is 0 Å². The number of benzene rings is 1. The van der Waals surface area contributed by atoms with Gasteiger partial charge in [-0.25, -0.2) is 0 Å². The third kappa shape index (κ3) is 2.52. The second kappa shape index (κ2) is 4.90.